The first kappa shape index (κ1) is 24.7. The lowest BCUT2D eigenvalue weighted by molar-refractivity contribution is -0.144. The normalized spacial score (nSPS) is 18.1. The van der Waals surface area contributed by atoms with Crippen LogP contribution in [0.1, 0.15) is 64.1 Å². The highest BCUT2D eigenvalue weighted by Gasteiger charge is 2.27. The van der Waals surface area contributed by atoms with Crippen LogP contribution in [0.25, 0.3) is 0 Å². The van der Waals surface area contributed by atoms with Gasteiger partial charge in [0.15, 0.2) is 0 Å². The van der Waals surface area contributed by atoms with Crippen molar-refractivity contribution in [2.24, 2.45) is 0 Å². The van der Waals surface area contributed by atoms with E-state index in [1.54, 1.807) is 17.0 Å². The van der Waals surface area contributed by atoms with E-state index in [9.17, 15) is 9.59 Å². The van der Waals surface area contributed by atoms with Crippen molar-refractivity contribution in [1.82, 2.24) is 19.4 Å². The number of hydrogen-bond donors (Lipinski definition) is 0. The molecule has 0 spiro atoms. The predicted molar refractivity (Wildman–Crippen MR) is 122 cm³/mol. The number of nitrogens with zero attached hydrogens (tertiary/aromatic N) is 4. The first-order valence-corrected chi connectivity index (χ1v) is 12.4. The van der Waals surface area contributed by atoms with Crippen LogP contribution in [-0.2, 0) is 32.0 Å². The maximum absolute atomic E-state index is 12.7. The number of aryl methyl sites for hydroxylation is 1. The van der Waals surface area contributed by atoms with Gasteiger partial charge in [-0.2, -0.15) is 0 Å². The van der Waals surface area contributed by atoms with Crippen molar-refractivity contribution in [3.63, 3.8) is 0 Å². The zero-order valence-corrected chi connectivity index (χ0v) is 19.7. The molecule has 3 rings (SSSR count). The van der Waals surface area contributed by atoms with Gasteiger partial charge in [-0.15, -0.1) is 0 Å². The molecule has 8 nitrogen and oxygen atoms in total. The van der Waals surface area contributed by atoms with Crippen molar-refractivity contribution < 1.29 is 19.1 Å². The summed E-state index contributed by atoms with van der Waals surface area (Å²) in [6, 6.07) is 0.569. The number of likely N-dealkylation sites (tertiary alicyclic amines) is 1. The average molecular weight is 449 g/mol. The lowest BCUT2D eigenvalue weighted by atomic mass is 10.0. The summed E-state index contributed by atoms with van der Waals surface area (Å²) in [4.78, 5) is 33.7. The third kappa shape index (κ3) is 7.89. The Morgan fingerprint density at radius 2 is 1.84 bits per heavy atom. The molecule has 0 N–H and O–H groups in total. The monoisotopic (exact) mass is 448 g/mol. The fraction of sp³-hybridized carbons (Fsp3) is 0.792. The molecular formula is C24H40N4O4. The quantitative estimate of drug-likeness (QED) is 0.361. The second-order valence-electron chi connectivity index (χ2n) is 8.87. The third-order valence-electron chi connectivity index (χ3n) is 6.55. The topological polar surface area (TPSA) is 76.9 Å². The van der Waals surface area contributed by atoms with Gasteiger partial charge in [0.1, 0.15) is 12.4 Å². The molecule has 180 valence electrons. The minimum Gasteiger partial charge on any atom is -0.464 e. The van der Waals surface area contributed by atoms with E-state index in [1.165, 1.54) is 19.3 Å². The van der Waals surface area contributed by atoms with Gasteiger partial charge in [-0.1, -0.05) is 32.6 Å². The van der Waals surface area contributed by atoms with Gasteiger partial charge in [0.2, 0.25) is 5.91 Å². The highest BCUT2D eigenvalue weighted by molar-refractivity contribution is 5.76. The Kier molecular flexibility index (Phi) is 10.5. The van der Waals surface area contributed by atoms with Gasteiger partial charge in [-0.3, -0.25) is 14.5 Å². The first-order chi connectivity index (χ1) is 15.7. The molecule has 1 aromatic rings. The first-order valence-electron chi connectivity index (χ1n) is 12.4. The molecule has 1 aromatic heterocycles. The van der Waals surface area contributed by atoms with Crippen LogP contribution in [0.3, 0.4) is 0 Å². The van der Waals surface area contributed by atoms with E-state index >= 15 is 0 Å². The second-order valence-corrected chi connectivity index (χ2v) is 8.87. The number of unbranched alkanes of at least 4 members (excludes halogenated alkanes) is 4. The van der Waals surface area contributed by atoms with Gasteiger partial charge in [-0.25, -0.2) is 4.98 Å². The Morgan fingerprint density at radius 3 is 2.59 bits per heavy atom. The summed E-state index contributed by atoms with van der Waals surface area (Å²) in [6.45, 7) is 8.10. The molecular weight excluding hydrogens is 408 g/mol. The molecule has 1 amide bonds. The van der Waals surface area contributed by atoms with E-state index in [0.29, 0.717) is 25.5 Å². The minimum atomic E-state index is -0.240. The van der Waals surface area contributed by atoms with Crippen molar-refractivity contribution in [3.05, 3.63) is 18.2 Å². The number of imidazole rings is 1. The number of aromatic nitrogens is 2. The molecule has 2 saturated heterocycles. The Hall–Kier alpha value is -1.93. The molecule has 0 atom stereocenters. The molecule has 2 aliphatic rings. The Bertz CT molecular complexity index is 694. The van der Waals surface area contributed by atoms with Crippen LogP contribution in [0.2, 0.25) is 0 Å². The minimum absolute atomic E-state index is 0.156. The average Bonchev–Trinajstić information content (AvgIpc) is 3.27. The lowest BCUT2D eigenvalue weighted by Crippen LogP contribution is -2.50. The summed E-state index contributed by atoms with van der Waals surface area (Å²) >= 11 is 0. The largest absolute Gasteiger partial charge is 0.464 e. The SMILES string of the molecule is CCCCCCCOC(=O)Cn1ccnc1CCC(=O)N1CCC(N2CCOCC2)CC1. The smallest absolute Gasteiger partial charge is 0.325 e. The maximum Gasteiger partial charge on any atom is 0.325 e. The standard InChI is InChI=1S/C24H40N4O4/c1-2-3-4-5-6-17-32-24(30)20-28-14-11-25-22(28)7-8-23(29)27-12-9-21(10-13-27)26-15-18-31-19-16-26/h11,14,21H,2-10,12-13,15-20H2,1H3. The van der Waals surface area contributed by atoms with Gasteiger partial charge in [0, 0.05) is 57.5 Å². The lowest BCUT2D eigenvalue weighted by Gasteiger charge is -2.40. The molecule has 2 aliphatic heterocycles. The van der Waals surface area contributed by atoms with Crippen molar-refractivity contribution in [2.75, 3.05) is 46.0 Å². The van der Waals surface area contributed by atoms with Crippen molar-refractivity contribution in [3.8, 4) is 0 Å². The van der Waals surface area contributed by atoms with Crippen molar-refractivity contribution in [1.29, 1.82) is 0 Å². The summed E-state index contributed by atoms with van der Waals surface area (Å²) in [5.74, 6) is 0.701. The number of rotatable bonds is 12. The summed E-state index contributed by atoms with van der Waals surface area (Å²) in [5, 5.41) is 0. The van der Waals surface area contributed by atoms with Crippen LogP contribution >= 0.6 is 0 Å². The number of piperidine rings is 1. The summed E-state index contributed by atoms with van der Waals surface area (Å²) < 4.78 is 12.6. The Morgan fingerprint density at radius 1 is 1.09 bits per heavy atom. The van der Waals surface area contributed by atoms with E-state index < -0.39 is 0 Å². The van der Waals surface area contributed by atoms with Crippen LogP contribution in [0.4, 0.5) is 0 Å². The van der Waals surface area contributed by atoms with Crippen LogP contribution in [0.15, 0.2) is 12.4 Å². The molecule has 0 radical (unpaired) electrons. The predicted octanol–water partition coefficient (Wildman–Crippen LogP) is 2.65. The summed E-state index contributed by atoms with van der Waals surface area (Å²) in [6.07, 6.45) is 12.2. The van der Waals surface area contributed by atoms with E-state index in [1.807, 2.05) is 4.90 Å². The van der Waals surface area contributed by atoms with Gasteiger partial charge in [0.25, 0.3) is 0 Å². The number of hydrogen-bond acceptors (Lipinski definition) is 6. The highest BCUT2D eigenvalue weighted by Crippen LogP contribution is 2.19. The van der Waals surface area contributed by atoms with E-state index in [4.69, 9.17) is 9.47 Å². The number of esters is 1. The zero-order chi connectivity index (χ0) is 22.6. The molecule has 0 bridgehead atoms. The van der Waals surface area contributed by atoms with Crippen LogP contribution in [-0.4, -0.2) is 83.3 Å². The molecule has 8 heteroatoms. The maximum atomic E-state index is 12.7. The van der Waals surface area contributed by atoms with Crippen LogP contribution < -0.4 is 0 Å². The van der Waals surface area contributed by atoms with Crippen molar-refractivity contribution >= 4 is 11.9 Å². The Balaban J connectivity index is 1.34. The van der Waals surface area contributed by atoms with Gasteiger partial charge in [-0.05, 0) is 19.3 Å². The number of carbonyl (C=O) groups excluding carboxylic acids is 2. The number of ether oxygens (including phenoxy) is 2. The Labute approximate surface area is 192 Å². The molecule has 0 saturated carbocycles. The van der Waals surface area contributed by atoms with E-state index in [-0.39, 0.29) is 18.4 Å². The van der Waals surface area contributed by atoms with Gasteiger partial charge < -0.3 is 18.9 Å². The second kappa shape index (κ2) is 13.6. The molecule has 0 aliphatic carbocycles. The number of morpholine rings is 1. The number of amides is 1. The molecule has 3 heterocycles. The number of carbonyl (C=O) groups is 2. The molecule has 0 aromatic carbocycles. The third-order valence-corrected chi connectivity index (χ3v) is 6.55. The van der Waals surface area contributed by atoms with E-state index in [2.05, 4.69) is 16.8 Å². The van der Waals surface area contributed by atoms with Gasteiger partial charge >= 0.3 is 5.97 Å². The van der Waals surface area contributed by atoms with Crippen molar-refractivity contribution in [2.45, 2.75) is 77.3 Å². The summed E-state index contributed by atoms with van der Waals surface area (Å²) in [7, 11) is 0. The van der Waals surface area contributed by atoms with Crippen LogP contribution in [0, 0.1) is 0 Å². The molecule has 0 unspecified atom stereocenters. The fourth-order valence-electron chi connectivity index (χ4n) is 4.59. The van der Waals surface area contributed by atoms with Crippen LogP contribution in [0.5, 0.6) is 0 Å². The van der Waals surface area contributed by atoms with Gasteiger partial charge in [0.05, 0.1) is 19.8 Å². The molecule has 32 heavy (non-hydrogen) atoms. The fourth-order valence-corrected chi connectivity index (χ4v) is 4.59. The zero-order valence-electron chi connectivity index (χ0n) is 19.7. The molecule has 2 fully saturated rings. The summed E-state index contributed by atoms with van der Waals surface area (Å²) in [5.41, 5.74) is 0. The van der Waals surface area contributed by atoms with E-state index in [0.717, 1.165) is 70.9 Å². The highest BCUT2D eigenvalue weighted by atomic mass is 16.5.